The van der Waals surface area contributed by atoms with Crippen molar-refractivity contribution in [1.82, 2.24) is 10.6 Å². The van der Waals surface area contributed by atoms with Crippen molar-refractivity contribution in [3.63, 3.8) is 0 Å². The van der Waals surface area contributed by atoms with Crippen LogP contribution in [0.15, 0.2) is 54.6 Å². The first-order valence-corrected chi connectivity index (χ1v) is 9.52. The summed E-state index contributed by atoms with van der Waals surface area (Å²) in [4.78, 5) is 23.3. The van der Waals surface area contributed by atoms with Crippen LogP contribution in [0.5, 0.6) is 5.75 Å². The summed E-state index contributed by atoms with van der Waals surface area (Å²) in [5.41, 5.74) is 1.89. The van der Waals surface area contributed by atoms with Gasteiger partial charge in [0.05, 0.1) is 33.7 Å². The maximum absolute atomic E-state index is 12.3. The number of carboxylic acids is 1. The number of nitrogens with one attached hydrogen (secondary N) is 2. The normalized spacial score (nSPS) is 12.1. The Labute approximate surface area is 171 Å². The summed E-state index contributed by atoms with van der Waals surface area (Å²) >= 11 is 0. The molecule has 2 aromatic rings. The van der Waals surface area contributed by atoms with Crippen LogP contribution in [0.25, 0.3) is 0 Å². The van der Waals surface area contributed by atoms with E-state index in [2.05, 4.69) is 10.6 Å². The largest absolute Gasteiger partial charge is 0.550 e. The molecule has 0 aliphatic carbocycles. The minimum atomic E-state index is -1.19. The highest BCUT2D eigenvalue weighted by molar-refractivity contribution is 5.75. The van der Waals surface area contributed by atoms with E-state index in [-0.39, 0.29) is 13.0 Å². The summed E-state index contributed by atoms with van der Waals surface area (Å²) in [6.45, 7) is 1.17. The van der Waals surface area contributed by atoms with Gasteiger partial charge in [0.25, 0.3) is 0 Å². The molecule has 156 valence electrons. The number of rotatable bonds is 10. The second kappa shape index (κ2) is 10.5. The number of aliphatic carboxylic acids is 1. The molecule has 0 saturated carbocycles. The van der Waals surface area contributed by atoms with Gasteiger partial charge in [-0.15, -0.1) is 0 Å². The Hall–Kier alpha value is -3.06. The van der Waals surface area contributed by atoms with Gasteiger partial charge in [-0.1, -0.05) is 48.5 Å². The van der Waals surface area contributed by atoms with Gasteiger partial charge >= 0.3 is 6.03 Å². The number of likely N-dealkylation sites (N-methyl/N-ethyl adjacent to an activating group) is 1. The summed E-state index contributed by atoms with van der Waals surface area (Å²) in [6, 6.07) is 16.4. The number of urea groups is 1. The van der Waals surface area contributed by atoms with E-state index in [0.29, 0.717) is 23.4 Å². The minimum Gasteiger partial charge on any atom is -0.550 e. The summed E-state index contributed by atoms with van der Waals surface area (Å²) in [7, 11) is 5.80. The fraction of sp³-hybridized carbons (Fsp3) is 0.364. The lowest BCUT2D eigenvalue weighted by Gasteiger charge is -2.30. The number of para-hydroxylation sites is 1. The molecule has 2 aromatic carbocycles. The van der Waals surface area contributed by atoms with E-state index in [1.807, 2.05) is 75.7 Å². The molecular weight excluding hydrogens is 370 g/mol. The van der Waals surface area contributed by atoms with E-state index >= 15 is 0 Å². The molecule has 0 saturated heterocycles. The molecule has 0 bridgehead atoms. The van der Waals surface area contributed by atoms with Gasteiger partial charge in [-0.2, -0.15) is 0 Å². The second-order valence-electron chi connectivity index (χ2n) is 7.95. The van der Waals surface area contributed by atoms with Crippen molar-refractivity contribution in [3.8, 4) is 5.75 Å². The molecule has 0 aliphatic rings. The standard InChI is InChI=1S/C22H29N3O4/c1-25(2,3)15-19(13-21(26)27)24-22(28)23-14-18-11-7-8-12-20(18)29-16-17-9-5-4-6-10-17/h4-12,19H,13-16H2,1-3H3,(H2-,23,24,26,27,28)/t19-/m1/s1. The first-order chi connectivity index (χ1) is 13.7. The van der Waals surface area contributed by atoms with Crippen LogP contribution >= 0.6 is 0 Å². The number of carbonyl (C=O) groups excluding carboxylic acids is 2. The van der Waals surface area contributed by atoms with Crippen LogP contribution in [-0.2, 0) is 17.9 Å². The molecule has 0 aromatic heterocycles. The Balaban J connectivity index is 1.92. The topological polar surface area (TPSA) is 90.5 Å². The first kappa shape index (κ1) is 22.2. The summed E-state index contributed by atoms with van der Waals surface area (Å²) in [5, 5.41) is 16.5. The molecular formula is C22H29N3O4. The summed E-state index contributed by atoms with van der Waals surface area (Å²) in [6.07, 6.45) is -0.236. The van der Waals surface area contributed by atoms with Crippen LogP contribution in [0.1, 0.15) is 17.5 Å². The molecule has 1 atom stereocenters. The van der Waals surface area contributed by atoms with Crippen molar-refractivity contribution in [2.45, 2.75) is 25.6 Å². The van der Waals surface area contributed by atoms with Crippen molar-refractivity contribution in [2.75, 3.05) is 27.7 Å². The van der Waals surface area contributed by atoms with Gasteiger partial charge in [0.2, 0.25) is 0 Å². The van der Waals surface area contributed by atoms with Gasteiger partial charge < -0.3 is 29.8 Å². The van der Waals surface area contributed by atoms with E-state index in [1.54, 1.807) is 0 Å². The summed E-state index contributed by atoms with van der Waals surface area (Å²) in [5.74, 6) is -0.502. The molecule has 0 spiro atoms. The molecule has 2 rings (SSSR count). The molecule has 2 amide bonds. The highest BCUT2D eigenvalue weighted by Gasteiger charge is 2.20. The van der Waals surface area contributed by atoms with Gasteiger partial charge in [-0.3, -0.25) is 0 Å². The van der Waals surface area contributed by atoms with E-state index in [0.717, 1.165) is 11.1 Å². The number of benzene rings is 2. The number of ether oxygens (including phenoxy) is 1. The van der Waals surface area contributed by atoms with Crippen LogP contribution in [0.2, 0.25) is 0 Å². The molecule has 29 heavy (non-hydrogen) atoms. The van der Waals surface area contributed by atoms with Crippen molar-refractivity contribution >= 4 is 12.0 Å². The molecule has 0 fully saturated rings. The van der Waals surface area contributed by atoms with Gasteiger partial charge in [-0.05, 0) is 11.6 Å². The maximum Gasteiger partial charge on any atom is 0.315 e. The van der Waals surface area contributed by atoms with Crippen LogP contribution in [0, 0.1) is 0 Å². The van der Waals surface area contributed by atoms with Crippen molar-refractivity contribution in [2.24, 2.45) is 0 Å². The number of carbonyl (C=O) groups is 2. The maximum atomic E-state index is 12.3. The Kier molecular flexibility index (Phi) is 8.03. The second-order valence-corrected chi connectivity index (χ2v) is 7.95. The Morgan fingerprint density at radius 3 is 2.34 bits per heavy atom. The molecule has 0 heterocycles. The zero-order chi connectivity index (χ0) is 21.3. The summed E-state index contributed by atoms with van der Waals surface area (Å²) < 4.78 is 6.42. The van der Waals surface area contributed by atoms with Gasteiger partial charge in [0.1, 0.15) is 12.4 Å². The lowest BCUT2D eigenvalue weighted by molar-refractivity contribution is -0.871. The average molecular weight is 399 g/mol. The Morgan fingerprint density at radius 1 is 1.03 bits per heavy atom. The molecule has 2 N–H and O–H groups in total. The van der Waals surface area contributed by atoms with Crippen molar-refractivity contribution in [1.29, 1.82) is 0 Å². The van der Waals surface area contributed by atoms with Gasteiger partial charge in [-0.25, -0.2) is 4.79 Å². The van der Waals surface area contributed by atoms with Crippen LogP contribution in [0.4, 0.5) is 4.79 Å². The number of hydrogen-bond acceptors (Lipinski definition) is 4. The van der Waals surface area contributed by atoms with E-state index in [1.165, 1.54) is 0 Å². The highest BCUT2D eigenvalue weighted by Crippen LogP contribution is 2.19. The number of hydrogen-bond donors (Lipinski definition) is 2. The van der Waals surface area contributed by atoms with Crippen molar-refractivity contribution in [3.05, 3.63) is 65.7 Å². The minimum absolute atomic E-state index is 0.236. The SMILES string of the molecule is C[N+](C)(C)C[C@@H](CC(=O)[O-])NC(=O)NCc1ccccc1OCc1ccccc1. The molecule has 0 radical (unpaired) electrons. The molecule has 7 heteroatoms. The van der Waals surface area contributed by atoms with Crippen LogP contribution < -0.4 is 20.5 Å². The van der Waals surface area contributed by atoms with Crippen LogP contribution in [0.3, 0.4) is 0 Å². The number of amides is 2. The quantitative estimate of drug-likeness (QED) is 0.589. The zero-order valence-electron chi connectivity index (χ0n) is 17.2. The molecule has 0 unspecified atom stereocenters. The third-order valence-electron chi connectivity index (χ3n) is 4.17. The predicted octanol–water partition coefficient (Wildman–Crippen LogP) is 1.28. The number of nitrogens with zero attached hydrogens (tertiary/aromatic N) is 1. The van der Waals surface area contributed by atoms with Gasteiger partial charge in [0, 0.05) is 24.5 Å². The van der Waals surface area contributed by atoms with Crippen molar-refractivity contribution < 1.29 is 23.9 Å². The average Bonchev–Trinajstić information content (AvgIpc) is 2.64. The Bertz CT molecular complexity index is 803. The van der Waals surface area contributed by atoms with Crippen LogP contribution in [-0.4, -0.2) is 50.2 Å². The molecule has 7 nitrogen and oxygen atoms in total. The van der Waals surface area contributed by atoms with Gasteiger partial charge in [0.15, 0.2) is 0 Å². The fourth-order valence-electron chi connectivity index (χ4n) is 2.96. The van der Waals surface area contributed by atoms with E-state index in [9.17, 15) is 14.7 Å². The van der Waals surface area contributed by atoms with E-state index < -0.39 is 18.0 Å². The van der Waals surface area contributed by atoms with E-state index in [4.69, 9.17) is 4.74 Å². The predicted molar refractivity (Wildman–Crippen MR) is 109 cm³/mol. The third-order valence-corrected chi connectivity index (χ3v) is 4.17. The number of carboxylic acid groups (broad SMARTS) is 1. The smallest absolute Gasteiger partial charge is 0.315 e. The number of quaternary nitrogens is 1. The fourth-order valence-corrected chi connectivity index (χ4v) is 2.96. The lowest BCUT2D eigenvalue weighted by Crippen LogP contribution is -2.52. The third kappa shape index (κ3) is 8.66. The Morgan fingerprint density at radius 2 is 1.69 bits per heavy atom. The highest BCUT2D eigenvalue weighted by atomic mass is 16.5. The lowest BCUT2D eigenvalue weighted by atomic mass is 10.2. The first-order valence-electron chi connectivity index (χ1n) is 9.52. The molecule has 0 aliphatic heterocycles. The monoisotopic (exact) mass is 399 g/mol. The zero-order valence-corrected chi connectivity index (χ0v) is 17.2.